The lowest BCUT2D eigenvalue weighted by atomic mass is 10.1. The van der Waals surface area contributed by atoms with Gasteiger partial charge in [-0.05, 0) is 57.2 Å². The molecule has 0 spiro atoms. The molecule has 0 aliphatic heterocycles. The molecule has 0 bridgehead atoms. The third kappa shape index (κ3) is 5.25. The van der Waals surface area contributed by atoms with Crippen LogP contribution in [0.3, 0.4) is 0 Å². The van der Waals surface area contributed by atoms with Gasteiger partial charge in [0, 0.05) is 28.2 Å². The van der Waals surface area contributed by atoms with Crippen LogP contribution in [0, 0.1) is 26.6 Å². The summed E-state index contributed by atoms with van der Waals surface area (Å²) in [5, 5.41) is 2.48. The van der Waals surface area contributed by atoms with Crippen molar-refractivity contribution in [3.63, 3.8) is 0 Å². The van der Waals surface area contributed by atoms with Gasteiger partial charge in [0.1, 0.15) is 12.4 Å². The molecule has 160 valence electrons. The first-order valence-electron chi connectivity index (χ1n) is 9.75. The molecular weight excluding hydrogens is 399 g/mol. The van der Waals surface area contributed by atoms with E-state index in [4.69, 9.17) is 4.74 Å². The van der Waals surface area contributed by atoms with Crippen molar-refractivity contribution in [3.05, 3.63) is 88.5 Å². The molecule has 6 nitrogen and oxygen atoms in total. The van der Waals surface area contributed by atoms with Gasteiger partial charge < -0.3 is 14.6 Å². The summed E-state index contributed by atoms with van der Waals surface area (Å²) in [6, 6.07) is 14.7. The normalized spacial score (nSPS) is 10.6. The van der Waals surface area contributed by atoms with Crippen LogP contribution < -0.4 is 5.32 Å². The van der Waals surface area contributed by atoms with Crippen LogP contribution in [0.15, 0.2) is 54.6 Å². The van der Waals surface area contributed by atoms with Crippen LogP contribution in [0.4, 0.5) is 4.39 Å². The second-order valence-electron chi connectivity index (χ2n) is 7.24. The van der Waals surface area contributed by atoms with Crippen molar-refractivity contribution in [2.45, 2.75) is 20.8 Å². The van der Waals surface area contributed by atoms with Gasteiger partial charge in [0.2, 0.25) is 5.78 Å². The average molecular weight is 422 g/mol. The van der Waals surface area contributed by atoms with E-state index in [1.54, 1.807) is 47.9 Å². The van der Waals surface area contributed by atoms with Crippen LogP contribution in [0.2, 0.25) is 0 Å². The number of amides is 1. The molecule has 0 atom stereocenters. The number of carbonyl (C=O) groups excluding carboxylic acids is 3. The van der Waals surface area contributed by atoms with E-state index < -0.39 is 18.5 Å². The van der Waals surface area contributed by atoms with Crippen molar-refractivity contribution in [1.29, 1.82) is 0 Å². The minimum absolute atomic E-state index is 0.345. The fraction of sp³-hybridized carbons (Fsp3) is 0.208. The summed E-state index contributed by atoms with van der Waals surface area (Å²) < 4.78 is 20.4. The molecule has 0 saturated carbocycles. The Morgan fingerprint density at radius 3 is 2.45 bits per heavy atom. The molecule has 7 heteroatoms. The van der Waals surface area contributed by atoms with Crippen molar-refractivity contribution in [2.75, 3.05) is 13.2 Å². The zero-order valence-corrected chi connectivity index (χ0v) is 17.6. The molecular formula is C24H23FN2O4. The van der Waals surface area contributed by atoms with Crippen LogP contribution in [0.25, 0.3) is 5.69 Å². The maximum Gasteiger partial charge on any atom is 0.325 e. The summed E-state index contributed by atoms with van der Waals surface area (Å²) in [5.41, 5.74) is 3.73. The third-order valence-electron chi connectivity index (χ3n) is 4.84. The highest BCUT2D eigenvalue weighted by atomic mass is 19.1. The number of benzene rings is 2. The monoisotopic (exact) mass is 422 g/mol. The van der Waals surface area contributed by atoms with E-state index in [1.807, 2.05) is 19.9 Å². The molecule has 3 aromatic rings. The molecule has 0 fully saturated rings. The average Bonchev–Trinajstić information content (AvgIpc) is 3.04. The fourth-order valence-electron chi connectivity index (χ4n) is 3.37. The van der Waals surface area contributed by atoms with Crippen LogP contribution in [0.5, 0.6) is 0 Å². The quantitative estimate of drug-likeness (QED) is 0.465. The molecule has 1 heterocycles. The van der Waals surface area contributed by atoms with Gasteiger partial charge in [-0.15, -0.1) is 0 Å². The zero-order chi connectivity index (χ0) is 22.5. The van der Waals surface area contributed by atoms with Crippen LogP contribution in [-0.2, 0) is 9.53 Å². The summed E-state index contributed by atoms with van der Waals surface area (Å²) in [6.45, 7) is 4.62. The SMILES string of the molecule is Cc1cccc(C(=O)NCC(=O)OCC(=O)c2cc(C)n(-c3cccc(F)c3)c2C)c1. The summed E-state index contributed by atoms with van der Waals surface area (Å²) in [6.07, 6.45) is 0. The van der Waals surface area contributed by atoms with Gasteiger partial charge in [0.25, 0.3) is 5.91 Å². The van der Waals surface area contributed by atoms with Gasteiger partial charge in [-0.2, -0.15) is 0 Å². The lowest BCUT2D eigenvalue weighted by Crippen LogP contribution is -2.31. The zero-order valence-electron chi connectivity index (χ0n) is 17.6. The Morgan fingerprint density at radius 2 is 1.74 bits per heavy atom. The predicted molar refractivity (Wildman–Crippen MR) is 114 cm³/mol. The molecule has 1 amide bonds. The number of ketones is 1. The number of nitrogens with zero attached hydrogens (tertiary/aromatic N) is 1. The molecule has 0 unspecified atom stereocenters. The first kappa shape index (κ1) is 22.0. The van der Waals surface area contributed by atoms with E-state index in [0.29, 0.717) is 22.5 Å². The number of hydrogen-bond donors (Lipinski definition) is 1. The summed E-state index contributed by atoms with van der Waals surface area (Å²) in [4.78, 5) is 36.6. The topological polar surface area (TPSA) is 77.4 Å². The largest absolute Gasteiger partial charge is 0.456 e. The Morgan fingerprint density at radius 1 is 1.00 bits per heavy atom. The highest BCUT2D eigenvalue weighted by Crippen LogP contribution is 2.22. The highest BCUT2D eigenvalue weighted by molar-refractivity contribution is 6.00. The molecule has 2 aromatic carbocycles. The van der Waals surface area contributed by atoms with Gasteiger partial charge in [0.15, 0.2) is 6.61 Å². The highest BCUT2D eigenvalue weighted by Gasteiger charge is 2.18. The fourth-order valence-corrected chi connectivity index (χ4v) is 3.37. The van der Waals surface area contributed by atoms with Crippen molar-refractivity contribution in [3.8, 4) is 5.69 Å². The first-order chi connectivity index (χ1) is 14.8. The number of nitrogens with one attached hydrogen (secondary N) is 1. The van der Waals surface area contributed by atoms with Gasteiger partial charge in [-0.25, -0.2) is 4.39 Å². The minimum atomic E-state index is -0.715. The number of ether oxygens (including phenoxy) is 1. The second kappa shape index (κ2) is 9.38. The van der Waals surface area contributed by atoms with Gasteiger partial charge >= 0.3 is 5.97 Å². The molecule has 1 aromatic heterocycles. The maximum atomic E-state index is 13.6. The second-order valence-corrected chi connectivity index (χ2v) is 7.24. The van der Waals surface area contributed by atoms with Crippen molar-refractivity contribution >= 4 is 17.7 Å². The number of aromatic nitrogens is 1. The number of esters is 1. The molecule has 0 aliphatic rings. The third-order valence-corrected chi connectivity index (χ3v) is 4.84. The van der Waals surface area contributed by atoms with E-state index >= 15 is 0 Å². The van der Waals surface area contributed by atoms with Crippen molar-refractivity contribution < 1.29 is 23.5 Å². The summed E-state index contributed by atoms with van der Waals surface area (Å²) in [5.74, 6) is -1.87. The Labute approximate surface area is 179 Å². The van der Waals surface area contributed by atoms with E-state index in [9.17, 15) is 18.8 Å². The maximum absolute atomic E-state index is 13.6. The van der Waals surface area contributed by atoms with Crippen molar-refractivity contribution in [2.24, 2.45) is 0 Å². The number of rotatable bonds is 7. The van der Waals surface area contributed by atoms with E-state index in [2.05, 4.69) is 5.32 Å². The molecule has 0 saturated heterocycles. The van der Waals surface area contributed by atoms with E-state index in [-0.39, 0.29) is 18.1 Å². The number of aryl methyl sites for hydroxylation is 2. The molecule has 0 radical (unpaired) electrons. The van der Waals surface area contributed by atoms with Crippen LogP contribution in [-0.4, -0.2) is 35.4 Å². The lowest BCUT2D eigenvalue weighted by molar-refractivity contribution is -0.141. The van der Waals surface area contributed by atoms with Crippen molar-refractivity contribution in [1.82, 2.24) is 9.88 Å². The molecule has 3 rings (SSSR count). The van der Waals surface area contributed by atoms with E-state index in [0.717, 1.165) is 11.3 Å². The minimum Gasteiger partial charge on any atom is -0.456 e. The Kier molecular flexibility index (Phi) is 6.65. The number of Topliss-reactive ketones (excluding diaryl/α,β-unsaturated/α-hetero) is 1. The van der Waals surface area contributed by atoms with Crippen LogP contribution >= 0.6 is 0 Å². The number of hydrogen-bond acceptors (Lipinski definition) is 4. The summed E-state index contributed by atoms with van der Waals surface area (Å²) >= 11 is 0. The predicted octanol–water partition coefficient (Wildman–Crippen LogP) is 3.70. The Balaban J connectivity index is 1.59. The number of halogens is 1. The molecule has 1 N–H and O–H groups in total. The van der Waals surface area contributed by atoms with Gasteiger partial charge in [-0.1, -0.05) is 23.8 Å². The number of carbonyl (C=O) groups is 3. The van der Waals surface area contributed by atoms with E-state index in [1.165, 1.54) is 12.1 Å². The first-order valence-corrected chi connectivity index (χ1v) is 9.75. The van der Waals surface area contributed by atoms with Gasteiger partial charge in [-0.3, -0.25) is 14.4 Å². The standard InChI is InChI=1S/C24H23FN2O4/c1-15-6-4-7-18(10-15)24(30)26-13-23(29)31-14-22(28)21-11-16(2)27(17(21)3)20-9-5-8-19(25)12-20/h4-12H,13-14H2,1-3H3,(H,26,30). The Hall–Kier alpha value is -3.74. The van der Waals surface area contributed by atoms with Gasteiger partial charge in [0.05, 0.1) is 0 Å². The smallest absolute Gasteiger partial charge is 0.325 e. The molecule has 31 heavy (non-hydrogen) atoms. The Bertz CT molecular complexity index is 1150. The molecule has 0 aliphatic carbocycles. The lowest BCUT2D eigenvalue weighted by Gasteiger charge is -2.10. The summed E-state index contributed by atoms with van der Waals surface area (Å²) in [7, 11) is 0. The van der Waals surface area contributed by atoms with Crippen LogP contribution in [0.1, 0.15) is 37.7 Å².